The van der Waals surface area contributed by atoms with Gasteiger partial charge in [-0.3, -0.25) is 0 Å². The van der Waals surface area contributed by atoms with Crippen LogP contribution >= 0.6 is 11.3 Å². The average Bonchev–Trinajstić information content (AvgIpc) is 3.46. The minimum Gasteiger partial charge on any atom is -0.393 e. The highest BCUT2D eigenvalue weighted by molar-refractivity contribution is 7.10. The van der Waals surface area contributed by atoms with Gasteiger partial charge in [-0.2, -0.15) is 0 Å². The zero-order valence-corrected chi connectivity index (χ0v) is 25.9. The van der Waals surface area contributed by atoms with Crippen LogP contribution in [0.5, 0.6) is 0 Å². The van der Waals surface area contributed by atoms with Crippen LogP contribution in [0.4, 0.5) is 0 Å². The molecule has 0 radical (unpaired) electrons. The molecule has 1 aromatic heterocycles. The number of aryl methyl sites for hydroxylation is 1. The molecule has 0 saturated heterocycles. The fourth-order valence-electron chi connectivity index (χ4n) is 8.38. The van der Waals surface area contributed by atoms with Crippen molar-refractivity contribution in [3.05, 3.63) is 69.5 Å². The maximum atomic E-state index is 11.4. The van der Waals surface area contributed by atoms with Crippen LogP contribution in [0.15, 0.2) is 59.0 Å². The minimum atomic E-state index is -0.633. The first-order chi connectivity index (χ1) is 19.2. The van der Waals surface area contributed by atoms with Crippen LogP contribution in [0.25, 0.3) is 0 Å². The van der Waals surface area contributed by atoms with Gasteiger partial charge in [-0.05, 0) is 116 Å². The molecule has 0 unspecified atom stereocenters. The van der Waals surface area contributed by atoms with Gasteiger partial charge in [0, 0.05) is 16.7 Å². The molecule has 0 spiro atoms. The molecule has 4 fully saturated rings. The van der Waals surface area contributed by atoms with Gasteiger partial charge in [0.15, 0.2) is 0 Å². The molecule has 1 aromatic rings. The second kappa shape index (κ2) is 12.4. The molecule has 1 heterocycles. The van der Waals surface area contributed by atoms with Crippen LogP contribution < -0.4 is 0 Å². The van der Waals surface area contributed by atoms with E-state index in [4.69, 9.17) is 0 Å². The molecule has 4 saturated carbocycles. The first-order valence-electron chi connectivity index (χ1n) is 16.1. The highest BCUT2D eigenvalue weighted by atomic mass is 32.1. The highest BCUT2D eigenvalue weighted by Crippen LogP contribution is 2.60. The average molecular weight is 565 g/mol. The number of aliphatic hydroxyl groups is 3. The summed E-state index contributed by atoms with van der Waals surface area (Å²) in [6.07, 6.45) is 21.6. The van der Waals surface area contributed by atoms with Crippen LogP contribution in [-0.2, 0) is 11.8 Å². The van der Waals surface area contributed by atoms with Crippen molar-refractivity contribution in [1.82, 2.24) is 0 Å². The van der Waals surface area contributed by atoms with Crippen molar-refractivity contribution in [2.24, 2.45) is 23.2 Å². The van der Waals surface area contributed by atoms with Crippen LogP contribution in [0.2, 0.25) is 0 Å². The van der Waals surface area contributed by atoms with Gasteiger partial charge in [0.05, 0.1) is 18.3 Å². The zero-order chi connectivity index (χ0) is 28.5. The summed E-state index contributed by atoms with van der Waals surface area (Å²) < 4.78 is 0. The predicted molar refractivity (Wildman–Crippen MR) is 167 cm³/mol. The third kappa shape index (κ3) is 6.02. The third-order valence-electron chi connectivity index (χ3n) is 11.1. The molecular formula is C36H52O3S. The Bertz CT molecular complexity index is 1140. The maximum Gasteiger partial charge on any atom is 0.0825 e. The molecule has 7 atom stereocenters. The second-order valence-corrected chi connectivity index (χ2v) is 14.7. The number of hydrogen-bond donors (Lipinski definition) is 3. The Morgan fingerprint density at radius 3 is 2.67 bits per heavy atom. The van der Waals surface area contributed by atoms with E-state index >= 15 is 0 Å². The normalized spacial score (nSPS) is 35.4. The summed E-state index contributed by atoms with van der Waals surface area (Å²) >= 11 is 1.86. The summed E-state index contributed by atoms with van der Waals surface area (Å²) in [5.74, 6) is 1.64. The lowest BCUT2D eigenvalue weighted by Crippen LogP contribution is -2.35. The van der Waals surface area contributed by atoms with E-state index in [1.54, 1.807) is 0 Å². The van der Waals surface area contributed by atoms with Crippen LogP contribution in [0.3, 0.4) is 0 Å². The van der Waals surface area contributed by atoms with Crippen molar-refractivity contribution in [2.75, 3.05) is 0 Å². The van der Waals surface area contributed by atoms with Crippen molar-refractivity contribution in [2.45, 2.75) is 128 Å². The van der Waals surface area contributed by atoms with Gasteiger partial charge in [-0.25, -0.2) is 0 Å². The monoisotopic (exact) mass is 564 g/mol. The molecule has 220 valence electrons. The Labute approximate surface area is 246 Å². The lowest BCUT2D eigenvalue weighted by Gasteiger charge is -2.44. The largest absolute Gasteiger partial charge is 0.393 e. The Balaban J connectivity index is 1.24. The van der Waals surface area contributed by atoms with E-state index in [0.717, 1.165) is 36.8 Å². The summed E-state index contributed by atoms with van der Waals surface area (Å²) in [6, 6.07) is 2.38. The Morgan fingerprint density at radius 2 is 1.93 bits per heavy atom. The van der Waals surface area contributed by atoms with E-state index in [9.17, 15) is 15.3 Å². The Hall–Kier alpha value is -1.46. The number of thiophene rings is 1. The minimum absolute atomic E-state index is 0.0511. The molecule has 0 aromatic carbocycles. The van der Waals surface area contributed by atoms with Crippen molar-refractivity contribution in [3.63, 3.8) is 0 Å². The maximum absolute atomic E-state index is 11.4. The summed E-state index contributed by atoms with van der Waals surface area (Å²) in [6.45, 7) is 11.2. The quantitative estimate of drug-likeness (QED) is 0.198. The van der Waals surface area contributed by atoms with Crippen molar-refractivity contribution < 1.29 is 15.3 Å². The second-order valence-electron chi connectivity index (χ2n) is 13.8. The number of rotatable bonds is 10. The summed E-state index contributed by atoms with van der Waals surface area (Å²) in [4.78, 5) is 1.38. The smallest absolute Gasteiger partial charge is 0.0825 e. The standard InChI is InChI=1S/C36H52O3S/c1-5-6-7-9-26-20-34(40-23-26)36(18-19-36)33(39)16-11-24(2)30-14-15-31-27(10-8-17-35(30,31)4)12-13-28-21-29(37)22-32(38)25(28)3/h11-13,16,20,23-24,29-33,37-39H,3,5-10,14-15,17-19,21-22H2,1-2,4H3/t24-,29-,30-,31+,32+,33+,35-/m1/s1. The van der Waals surface area contributed by atoms with Gasteiger partial charge < -0.3 is 15.3 Å². The van der Waals surface area contributed by atoms with E-state index < -0.39 is 18.3 Å². The van der Waals surface area contributed by atoms with Crippen molar-refractivity contribution >= 4 is 11.3 Å². The molecule has 3 N–H and O–H groups in total. The Kier molecular flexibility index (Phi) is 9.31. The van der Waals surface area contributed by atoms with Gasteiger partial charge in [-0.1, -0.05) is 70.1 Å². The van der Waals surface area contributed by atoms with Crippen LogP contribution in [0.1, 0.15) is 108 Å². The number of fused-ring (bicyclic) bond motifs is 1. The topological polar surface area (TPSA) is 60.7 Å². The molecule has 0 bridgehead atoms. The molecule has 3 nitrogen and oxygen atoms in total. The number of allylic oxidation sites excluding steroid dienone is 4. The van der Waals surface area contributed by atoms with Crippen LogP contribution in [0, 0.1) is 23.2 Å². The summed E-state index contributed by atoms with van der Waals surface area (Å²) in [7, 11) is 0. The van der Waals surface area contributed by atoms with Crippen molar-refractivity contribution in [3.8, 4) is 0 Å². The Morgan fingerprint density at radius 1 is 1.12 bits per heavy atom. The number of hydrogen-bond acceptors (Lipinski definition) is 4. The van der Waals surface area contributed by atoms with E-state index in [0.29, 0.717) is 30.6 Å². The fourth-order valence-corrected chi connectivity index (χ4v) is 9.62. The van der Waals surface area contributed by atoms with Gasteiger partial charge in [-0.15, -0.1) is 11.3 Å². The molecular weight excluding hydrogens is 512 g/mol. The van der Waals surface area contributed by atoms with Gasteiger partial charge in [0.2, 0.25) is 0 Å². The van der Waals surface area contributed by atoms with E-state index in [1.165, 1.54) is 61.0 Å². The number of unbranched alkanes of at least 4 members (excludes halogenated alkanes) is 2. The summed E-state index contributed by atoms with van der Waals surface area (Å²) in [5.41, 5.74) is 4.98. The molecule has 40 heavy (non-hydrogen) atoms. The molecule has 0 aliphatic heterocycles. The fraction of sp³-hybridized carbons (Fsp3) is 0.667. The lowest BCUT2D eigenvalue weighted by atomic mass is 9.61. The third-order valence-corrected chi connectivity index (χ3v) is 12.3. The number of aliphatic hydroxyl groups excluding tert-OH is 3. The van der Waals surface area contributed by atoms with Crippen molar-refractivity contribution in [1.29, 1.82) is 0 Å². The zero-order valence-electron chi connectivity index (χ0n) is 25.1. The molecule has 0 amide bonds. The van der Waals surface area contributed by atoms with Gasteiger partial charge in [0.1, 0.15) is 0 Å². The summed E-state index contributed by atoms with van der Waals surface area (Å²) in [5, 5.41) is 34.1. The first kappa shape index (κ1) is 30.0. The van der Waals surface area contributed by atoms with Crippen LogP contribution in [-0.4, -0.2) is 33.6 Å². The molecule has 4 heteroatoms. The van der Waals surface area contributed by atoms with Gasteiger partial charge >= 0.3 is 0 Å². The molecule has 5 rings (SSSR count). The van der Waals surface area contributed by atoms with E-state index in [-0.39, 0.29) is 10.8 Å². The first-order valence-corrected chi connectivity index (χ1v) is 16.9. The lowest BCUT2D eigenvalue weighted by molar-refractivity contribution is 0.0862. The molecule has 4 aliphatic rings. The van der Waals surface area contributed by atoms with Gasteiger partial charge in [0.25, 0.3) is 0 Å². The van der Waals surface area contributed by atoms with E-state index in [1.807, 2.05) is 11.3 Å². The van der Waals surface area contributed by atoms with E-state index in [2.05, 4.69) is 63.1 Å². The SMILES string of the molecule is C=C1C(=CC=C2CCC[C@]3(C)[C@@H]([C@H](C)C=C[C@H](O)C4(c5cc(CCCCC)cs5)CC4)CC[C@@H]23)C[C@@H](O)C[C@@H]1O. The molecule has 4 aliphatic carbocycles. The highest BCUT2D eigenvalue weighted by Gasteiger charge is 2.52. The predicted octanol–water partition coefficient (Wildman–Crippen LogP) is 8.21.